The first kappa shape index (κ1) is 23.7. The standard InChI is InChI=1S/C29H34N2O3/c1-20-11-10-16-29(2,3)24(20)15-14-22-19-25(31(30-22)23-12-8-7-9-13-23)21-17-26(32-4)28(34-6)27(18-21)33-5/h7-9,11-15,17-19,24H,10,16H2,1-6H3/b15-14+. The number of aromatic nitrogens is 2. The Bertz CT molecular complexity index is 1180. The van der Waals surface area contributed by atoms with Crippen molar-refractivity contribution in [2.45, 2.75) is 33.6 Å². The van der Waals surface area contributed by atoms with Gasteiger partial charge in [-0.2, -0.15) is 5.10 Å². The summed E-state index contributed by atoms with van der Waals surface area (Å²) in [7, 11) is 4.87. The molecular formula is C29H34N2O3. The van der Waals surface area contributed by atoms with Crippen molar-refractivity contribution in [1.29, 1.82) is 0 Å². The lowest BCUT2D eigenvalue weighted by Crippen LogP contribution is -2.26. The molecule has 5 heteroatoms. The van der Waals surface area contributed by atoms with Gasteiger partial charge in [0.2, 0.25) is 5.75 Å². The van der Waals surface area contributed by atoms with E-state index < -0.39 is 0 Å². The largest absolute Gasteiger partial charge is 0.493 e. The predicted molar refractivity (Wildman–Crippen MR) is 138 cm³/mol. The molecule has 0 saturated carbocycles. The van der Waals surface area contributed by atoms with Crippen LogP contribution in [0.3, 0.4) is 0 Å². The zero-order chi connectivity index (χ0) is 24.3. The van der Waals surface area contributed by atoms with E-state index in [1.807, 2.05) is 35.0 Å². The van der Waals surface area contributed by atoms with Crippen molar-refractivity contribution in [3.8, 4) is 34.2 Å². The van der Waals surface area contributed by atoms with Crippen molar-refractivity contribution in [1.82, 2.24) is 9.78 Å². The average molecular weight is 459 g/mol. The van der Waals surface area contributed by atoms with E-state index in [-0.39, 0.29) is 5.41 Å². The SMILES string of the molecule is COc1cc(-c2cc(/C=C/C3C(C)=CCCC3(C)C)nn2-c2ccccc2)cc(OC)c1OC. The number of nitrogens with zero attached hydrogens (tertiary/aromatic N) is 2. The van der Waals surface area contributed by atoms with Gasteiger partial charge >= 0.3 is 0 Å². The zero-order valence-electron chi connectivity index (χ0n) is 21.0. The Kier molecular flexibility index (Phi) is 6.82. The second kappa shape index (κ2) is 9.80. The summed E-state index contributed by atoms with van der Waals surface area (Å²) in [6.45, 7) is 6.94. The van der Waals surface area contributed by atoms with Crippen LogP contribution in [0.15, 0.2) is 66.3 Å². The lowest BCUT2D eigenvalue weighted by Gasteiger charge is -2.36. The Morgan fingerprint density at radius 1 is 0.971 bits per heavy atom. The van der Waals surface area contributed by atoms with Crippen molar-refractivity contribution in [3.05, 3.63) is 72.0 Å². The van der Waals surface area contributed by atoms with Gasteiger partial charge in [0.15, 0.2) is 11.5 Å². The monoisotopic (exact) mass is 458 g/mol. The van der Waals surface area contributed by atoms with Gasteiger partial charge in [0, 0.05) is 11.5 Å². The van der Waals surface area contributed by atoms with Crippen LogP contribution < -0.4 is 14.2 Å². The van der Waals surface area contributed by atoms with Crippen molar-refractivity contribution in [2.75, 3.05) is 21.3 Å². The molecule has 4 rings (SSSR count). The van der Waals surface area contributed by atoms with E-state index in [4.69, 9.17) is 19.3 Å². The molecule has 1 heterocycles. The number of benzene rings is 2. The van der Waals surface area contributed by atoms with E-state index in [1.165, 1.54) is 12.0 Å². The number of hydrogen-bond donors (Lipinski definition) is 0. The number of ether oxygens (including phenoxy) is 3. The third kappa shape index (κ3) is 4.60. The Balaban J connectivity index is 1.82. The lowest BCUT2D eigenvalue weighted by molar-refractivity contribution is 0.256. The molecule has 0 spiro atoms. The van der Waals surface area contributed by atoms with E-state index in [9.17, 15) is 0 Å². The van der Waals surface area contributed by atoms with Gasteiger partial charge in [-0.25, -0.2) is 4.68 Å². The van der Waals surface area contributed by atoms with Crippen LogP contribution in [0, 0.1) is 11.3 Å². The Morgan fingerprint density at radius 3 is 2.24 bits per heavy atom. The molecule has 0 bridgehead atoms. The molecule has 0 saturated heterocycles. The predicted octanol–water partition coefficient (Wildman–Crippen LogP) is 6.96. The van der Waals surface area contributed by atoms with E-state index >= 15 is 0 Å². The zero-order valence-corrected chi connectivity index (χ0v) is 21.0. The minimum atomic E-state index is 0.233. The summed E-state index contributed by atoms with van der Waals surface area (Å²) >= 11 is 0. The topological polar surface area (TPSA) is 45.5 Å². The van der Waals surface area contributed by atoms with Crippen LogP contribution >= 0.6 is 0 Å². The third-order valence-electron chi connectivity index (χ3n) is 6.74. The van der Waals surface area contributed by atoms with Crippen LogP contribution in [0.2, 0.25) is 0 Å². The van der Waals surface area contributed by atoms with E-state index in [0.29, 0.717) is 23.2 Å². The fraction of sp³-hybridized carbons (Fsp3) is 0.345. The first-order valence-electron chi connectivity index (χ1n) is 11.7. The molecule has 0 aliphatic heterocycles. The Hall–Kier alpha value is -3.47. The number of rotatable bonds is 7. The fourth-order valence-corrected chi connectivity index (χ4v) is 4.86. The maximum Gasteiger partial charge on any atom is 0.203 e. The van der Waals surface area contributed by atoms with Gasteiger partial charge in [-0.15, -0.1) is 0 Å². The molecule has 0 amide bonds. The summed E-state index contributed by atoms with van der Waals surface area (Å²) in [6, 6.07) is 16.2. The molecule has 1 atom stereocenters. The van der Waals surface area contributed by atoms with Gasteiger partial charge in [0.1, 0.15) is 0 Å². The van der Waals surface area contributed by atoms with Gasteiger partial charge in [-0.3, -0.25) is 0 Å². The highest BCUT2D eigenvalue weighted by Crippen LogP contribution is 2.43. The molecule has 178 valence electrons. The van der Waals surface area contributed by atoms with Gasteiger partial charge in [0.25, 0.3) is 0 Å². The minimum Gasteiger partial charge on any atom is -0.493 e. The molecule has 0 radical (unpaired) electrons. The van der Waals surface area contributed by atoms with Crippen molar-refractivity contribution in [3.63, 3.8) is 0 Å². The average Bonchev–Trinajstić information content (AvgIpc) is 3.27. The second-order valence-corrected chi connectivity index (χ2v) is 9.43. The molecule has 0 fully saturated rings. The molecule has 1 aromatic heterocycles. The van der Waals surface area contributed by atoms with E-state index in [0.717, 1.165) is 29.1 Å². The molecule has 1 aliphatic carbocycles. The maximum absolute atomic E-state index is 5.60. The summed E-state index contributed by atoms with van der Waals surface area (Å²) in [5.41, 5.74) is 5.43. The Labute approximate surface area is 202 Å². The smallest absolute Gasteiger partial charge is 0.203 e. The van der Waals surface area contributed by atoms with Gasteiger partial charge in [-0.1, -0.05) is 49.8 Å². The summed E-state index contributed by atoms with van der Waals surface area (Å²) in [5, 5.41) is 4.97. The number of methoxy groups -OCH3 is 3. The van der Waals surface area contributed by atoms with Crippen LogP contribution in [0.25, 0.3) is 23.0 Å². The van der Waals surface area contributed by atoms with Crippen molar-refractivity contribution < 1.29 is 14.2 Å². The normalized spacial score (nSPS) is 17.5. The number of allylic oxidation sites excluding steroid dienone is 3. The fourth-order valence-electron chi connectivity index (χ4n) is 4.86. The first-order chi connectivity index (χ1) is 16.4. The Morgan fingerprint density at radius 2 is 1.65 bits per heavy atom. The third-order valence-corrected chi connectivity index (χ3v) is 6.74. The molecule has 1 aliphatic rings. The van der Waals surface area contributed by atoms with Gasteiger partial charge in [-0.05, 0) is 61.6 Å². The van der Waals surface area contributed by atoms with Crippen LogP contribution in [0.4, 0.5) is 0 Å². The lowest BCUT2D eigenvalue weighted by atomic mass is 9.68. The van der Waals surface area contributed by atoms with Crippen LogP contribution in [-0.2, 0) is 0 Å². The van der Waals surface area contributed by atoms with E-state index in [2.05, 4.69) is 57.2 Å². The quantitative estimate of drug-likeness (QED) is 0.359. The molecule has 34 heavy (non-hydrogen) atoms. The number of para-hydroxylation sites is 1. The molecule has 1 unspecified atom stereocenters. The molecule has 3 aromatic rings. The van der Waals surface area contributed by atoms with Crippen LogP contribution in [0.1, 0.15) is 39.3 Å². The highest BCUT2D eigenvalue weighted by atomic mass is 16.5. The molecule has 5 nitrogen and oxygen atoms in total. The van der Waals surface area contributed by atoms with E-state index in [1.54, 1.807) is 21.3 Å². The molecule has 2 aromatic carbocycles. The summed E-state index contributed by atoms with van der Waals surface area (Å²) in [4.78, 5) is 0. The second-order valence-electron chi connectivity index (χ2n) is 9.43. The highest BCUT2D eigenvalue weighted by Gasteiger charge is 2.30. The summed E-state index contributed by atoms with van der Waals surface area (Å²) in [5.74, 6) is 2.19. The highest BCUT2D eigenvalue weighted by molar-refractivity contribution is 5.72. The van der Waals surface area contributed by atoms with Gasteiger partial charge < -0.3 is 14.2 Å². The summed E-state index contributed by atoms with van der Waals surface area (Å²) in [6.07, 6.45) is 9.16. The summed E-state index contributed by atoms with van der Waals surface area (Å²) < 4.78 is 18.7. The van der Waals surface area contributed by atoms with Crippen LogP contribution in [0.5, 0.6) is 17.2 Å². The molecule has 0 N–H and O–H groups in total. The molecular weight excluding hydrogens is 424 g/mol. The maximum atomic E-state index is 5.60. The number of hydrogen-bond acceptors (Lipinski definition) is 4. The first-order valence-corrected chi connectivity index (χ1v) is 11.7. The minimum absolute atomic E-state index is 0.233. The van der Waals surface area contributed by atoms with Crippen LogP contribution in [-0.4, -0.2) is 31.1 Å². The van der Waals surface area contributed by atoms with Crippen molar-refractivity contribution in [2.24, 2.45) is 11.3 Å². The van der Waals surface area contributed by atoms with Crippen molar-refractivity contribution >= 4 is 6.08 Å². The van der Waals surface area contributed by atoms with Gasteiger partial charge in [0.05, 0.1) is 38.4 Å².